The molecule has 0 aromatic heterocycles. The molecule has 1 fully saturated rings. The van der Waals surface area contributed by atoms with Gasteiger partial charge in [-0.15, -0.1) is 0 Å². The van der Waals surface area contributed by atoms with Gasteiger partial charge in [0.25, 0.3) is 10.0 Å². The highest BCUT2D eigenvalue weighted by Crippen LogP contribution is 2.24. The van der Waals surface area contributed by atoms with Crippen LogP contribution in [0.1, 0.15) is 18.4 Å². The summed E-state index contributed by atoms with van der Waals surface area (Å²) in [6.07, 6.45) is 5.14. The minimum atomic E-state index is -3.74. The molecule has 2 N–H and O–H groups in total. The summed E-state index contributed by atoms with van der Waals surface area (Å²) < 4.78 is 27.5. The topological polar surface area (TPSA) is 75.3 Å². The van der Waals surface area contributed by atoms with Crippen molar-refractivity contribution in [2.75, 3.05) is 16.2 Å². The van der Waals surface area contributed by atoms with Crippen LogP contribution in [0.4, 0.5) is 5.69 Å². The standard InChI is InChI=1S/C20H21ClN2O3S2/c21-18-3-1-2-4-19(18)23-28(25,26)17-8-5-15(6-9-17)7-10-20(24)22-16-11-13-27-14-12-16/h1-10,16,23H,11-14H2,(H,22,24)/b10-7+. The summed E-state index contributed by atoms with van der Waals surface area (Å²) in [5, 5.41) is 3.33. The number of carbonyl (C=O) groups is 1. The average Bonchev–Trinajstić information content (AvgIpc) is 2.69. The minimum absolute atomic E-state index is 0.119. The van der Waals surface area contributed by atoms with E-state index in [2.05, 4.69) is 10.0 Å². The molecule has 1 heterocycles. The van der Waals surface area contributed by atoms with Gasteiger partial charge in [-0.2, -0.15) is 11.8 Å². The molecule has 0 radical (unpaired) electrons. The van der Waals surface area contributed by atoms with Gasteiger partial charge in [-0.3, -0.25) is 9.52 Å². The fourth-order valence-corrected chi connectivity index (χ4v) is 5.19. The van der Waals surface area contributed by atoms with Gasteiger partial charge < -0.3 is 5.32 Å². The first-order valence-electron chi connectivity index (χ1n) is 8.88. The fraction of sp³-hybridized carbons (Fsp3) is 0.250. The van der Waals surface area contributed by atoms with Gasteiger partial charge in [0.15, 0.2) is 0 Å². The number of hydrogen-bond donors (Lipinski definition) is 2. The molecular weight excluding hydrogens is 416 g/mol. The van der Waals surface area contributed by atoms with Crippen molar-refractivity contribution in [1.82, 2.24) is 5.32 Å². The lowest BCUT2D eigenvalue weighted by atomic mass is 10.1. The van der Waals surface area contributed by atoms with Crippen LogP contribution >= 0.6 is 23.4 Å². The molecule has 3 rings (SSSR count). The molecule has 1 amide bonds. The highest BCUT2D eigenvalue weighted by atomic mass is 35.5. The van der Waals surface area contributed by atoms with Gasteiger partial charge in [0.05, 0.1) is 15.6 Å². The molecule has 0 atom stereocenters. The van der Waals surface area contributed by atoms with Crippen LogP contribution < -0.4 is 10.0 Å². The number of para-hydroxylation sites is 1. The number of hydrogen-bond acceptors (Lipinski definition) is 4. The van der Waals surface area contributed by atoms with Gasteiger partial charge in [0, 0.05) is 12.1 Å². The molecule has 0 bridgehead atoms. The van der Waals surface area contributed by atoms with Crippen molar-refractivity contribution in [3.8, 4) is 0 Å². The maximum Gasteiger partial charge on any atom is 0.261 e. The van der Waals surface area contributed by atoms with Crippen molar-refractivity contribution in [1.29, 1.82) is 0 Å². The lowest BCUT2D eigenvalue weighted by Gasteiger charge is -2.21. The Hall–Kier alpha value is -1.96. The van der Waals surface area contributed by atoms with Gasteiger partial charge >= 0.3 is 0 Å². The number of anilines is 1. The largest absolute Gasteiger partial charge is 0.350 e. The Bertz CT molecular complexity index is 954. The SMILES string of the molecule is O=C(/C=C/c1ccc(S(=O)(=O)Nc2ccccc2Cl)cc1)NC1CCSCC1. The van der Waals surface area contributed by atoms with Crippen LogP contribution in [0.25, 0.3) is 6.08 Å². The third-order valence-corrected chi connectivity index (χ3v) is 7.06. The number of halogens is 1. The fourth-order valence-electron chi connectivity index (χ4n) is 2.77. The summed E-state index contributed by atoms with van der Waals surface area (Å²) in [4.78, 5) is 12.1. The second-order valence-electron chi connectivity index (χ2n) is 6.38. The van der Waals surface area contributed by atoms with E-state index in [0.29, 0.717) is 10.7 Å². The maximum atomic E-state index is 12.5. The molecule has 8 heteroatoms. The molecule has 2 aromatic carbocycles. The van der Waals surface area contributed by atoms with Crippen molar-refractivity contribution < 1.29 is 13.2 Å². The van der Waals surface area contributed by atoms with E-state index in [-0.39, 0.29) is 16.8 Å². The van der Waals surface area contributed by atoms with Gasteiger partial charge in [-0.25, -0.2) is 8.42 Å². The zero-order valence-corrected chi connectivity index (χ0v) is 17.5. The highest BCUT2D eigenvalue weighted by molar-refractivity contribution is 7.99. The van der Waals surface area contributed by atoms with Crippen molar-refractivity contribution in [3.05, 3.63) is 65.2 Å². The van der Waals surface area contributed by atoms with Crippen LogP contribution in [0.3, 0.4) is 0 Å². The Balaban J connectivity index is 1.62. The molecule has 0 spiro atoms. The first-order valence-corrected chi connectivity index (χ1v) is 11.9. The van der Waals surface area contributed by atoms with E-state index in [1.165, 1.54) is 18.2 Å². The first-order chi connectivity index (χ1) is 13.4. The lowest BCUT2D eigenvalue weighted by Crippen LogP contribution is -2.36. The van der Waals surface area contributed by atoms with E-state index in [4.69, 9.17) is 11.6 Å². The second-order valence-corrected chi connectivity index (χ2v) is 9.70. The summed E-state index contributed by atoms with van der Waals surface area (Å²) in [7, 11) is -3.74. The zero-order valence-electron chi connectivity index (χ0n) is 15.1. The van der Waals surface area contributed by atoms with E-state index in [1.54, 1.807) is 42.5 Å². The highest BCUT2D eigenvalue weighted by Gasteiger charge is 2.16. The molecule has 1 aliphatic rings. The molecule has 0 unspecified atom stereocenters. The normalized spacial score (nSPS) is 15.5. The molecule has 1 saturated heterocycles. The molecule has 5 nitrogen and oxygen atoms in total. The molecule has 2 aromatic rings. The Kier molecular flexibility index (Phi) is 7.04. The molecule has 1 aliphatic heterocycles. The Labute approximate surface area is 174 Å². The van der Waals surface area contributed by atoms with Crippen molar-refractivity contribution in [3.63, 3.8) is 0 Å². The van der Waals surface area contributed by atoms with Crippen LogP contribution in [-0.4, -0.2) is 31.9 Å². The minimum Gasteiger partial charge on any atom is -0.350 e. The average molecular weight is 437 g/mol. The Morgan fingerprint density at radius 2 is 1.75 bits per heavy atom. The lowest BCUT2D eigenvalue weighted by molar-refractivity contribution is -0.117. The van der Waals surface area contributed by atoms with Crippen molar-refractivity contribution in [2.45, 2.75) is 23.8 Å². The number of carbonyl (C=O) groups excluding carboxylic acids is 1. The first kappa shape index (κ1) is 20.8. The number of amides is 1. The van der Waals surface area contributed by atoms with Gasteiger partial charge in [-0.1, -0.05) is 35.9 Å². The summed E-state index contributed by atoms with van der Waals surface area (Å²) >= 11 is 7.92. The molecule has 0 saturated carbocycles. The Morgan fingerprint density at radius 1 is 1.07 bits per heavy atom. The third-order valence-electron chi connectivity index (χ3n) is 4.30. The molecule has 0 aliphatic carbocycles. The van der Waals surface area contributed by atoms with Gasteiger partial charge in [0.2, 0.25) is 5.91 Å². The Morgan fingerprint density at radius 3 is 2.43 bits per heavy atom. The smallest absolute Gasteiger partial charge is 0.261 e. The molecular formula is C20H21ClN2O3S2. The number of rotatable bonds is 6. The van der Waals surface area contributed by atoms with Crippen molar-refractivity contribution >= 4 is 51.1 Å². The molecule has 148 valence electrons. The summed E-state index contributed by atoms with van der Waals surface area (Å²) in [5.74, 6) is 2.02. The quantitative estimate of drug-likeness (QED) is 0.666. The van der Waals surface area contributed by atoms with E-state index in [1.807, 2.05) is 11.8 Å². The summed E-state index contributed by atoms with van der Waals surface area (Å²) in [6.45, 7) is 0. The zero-order chi connectivity index (χ0) is 20.0. The number of nitrogens with one attached hydrogen (secondary N) is 2. The number of benzene rings is 2. The molecule has 28 heavy (non-hydrogen) atoms. The summed E-state index contributed by atoms with van der Waals surface area (Å²) in [6, 6.07) is 13.2. The van der Waals surface area contributed by atoms with E-state index in [0.717, 1.165) is 29.9 Å². The van der Waals surface area contributed by atoms with Crippen LogP contribution in [0.15, 0.2) is 59.5 Å². The van der Waals surface area contributed by atoms with Gasteiger partial charge in [0.1, 0.15) is 0 Å². The number of sulfonamides is 1. The van der Waals surface area contributed by atoms with Crippen LogP contribution in [-0.2, 0) is 14.8 Å². The van der Waals surface area contributed by atoms with Crippen molar-refractivity contribution in [2.24, 2.45) is 0 Å². The predicted molar refractivity (Wildman–Crippen MR) is 116 cm³/mol. The van der Waals surface area contributed by atoms with Crippen LogP contribution in [0.2, 0.25) is 5.02 Å². The van der Waals surface area contributed by atoms with E-state index < -0.39 is 10.0 Å². The van der Waals surface area contributed by atoms with E-state index >= 15 is 0 Å². The number of thioether (sulfide) groups is 1. The van der Waals surface area contributed by atoms with Gasteiger partial charge in [-0.05, 0) is 60.3 Å². The van der Waals surface area contributed by atoms with E-state index in [9.17, 15) is 13.2 Å². The maximum absolute atomic E-state index is 12.5. The van der Waals surface area contributed by atoms with Crippen LogP contribution in [0.5, 0.6) is 0 Å². The summed E-state index contributed by atoms with van der Waals surface area (Å²) in [5.41, 5.74) is 1.07. The monoisotopic (exact) mass is 436 g/mol. The predicted octanol–water partition coefficient (Wildman–Crippen LogP) is 4.17. The second kappa shape index (κ2) is 9.49. The van der Waals surface area contributed by atoms with Crippen LogP contribution in [0, 0.1) is 0 Å². The third kappa shape index (κ3) is 5.77.